The highest BCUT2D eigenvalue weighted by Crippen LogP contribution is 2.18. The van der Waals surface area contributed by atoms with E-state index in [1.165, 1.54) is 4.90 Å². The Morgan fingerprint density at radius 1 is 1.15 bits per heavy atom. The molecule has 5 nitrogen and oxygen atoms in total. The van der Waals surface area contributed by atoms with Crippen molar-refractivity contribution in [1.29, 1.82) is 0 Å². The SMILES string of the molecule is CC(C)(C)OC(=O)N1CCN(c2ccccc2)C(=O)C1. The number of piperazine rings is 1. The molecule has 2 amide bonds. The Labute approximate surface area is 119 Å². The Hall–Kier alpha value is -2.04. The van der Waals surface area contributed by atoms with Crippen molar-refractivity contribution in [3.63, 3.8) is 0 Å². The lowest BCUT2D eigenvalue weighted by Gasteiger charge is -2.35. The minimum absolute atomic E-state index is 0.0593. The van der Waals surface area contributed by atoms with Crippen molar-refractivity contribution < 1.29 is 14.3 Å². The maximum Gasteiger partial charge on any atom is 0.410 e. The van der Waals surface area contributed by atoms with Crippen LogP contribution in [-0.4, -0.2) is 42.1 Å². The second-order valence-corrected chi connectivity index (χ2v) is 5.78. The van der Waals surface area contributed by atoms with Crippen molar-refractivity contribution in [3.8, 4) is 0 Å². The first kappa shape index (κ1) is 14.4. The molecule has 1 aromatic carbocycles. The normalized spacial score (nSPS) is 16.2. The highest BCUT2D eigenvalue weighted by molar-refractivity contribution is 5.97. The first-order chi connectivity index (χ1) is 9.37. The zero-order valence-corrected chi connectivity index (χ0v) is 12.1. The number of benzene rings is 1. The average Bonchev–Trinajstić information content (AvgIpc) is 2.37. The van der Waals surface area contributed by atoms with Gasteiger partial charge in [-0.1, -0.05) is 18.2 Å². The Bertz CT molecular complexity index is 494. The molecule has 1 heterocycles. The van der Waals surface area contributed by atoms with E-state index in [9.17, 15) is 9.59 Å². The van der Waals surface area contributed by atoms with Crippen molar-refractivity contribution in [3.05, 3.63) is 30.3 Å². The Morgan fingerprint density at radius 2 is 1.80 bits per heavy atom. The summed E-state index contributed by atoms with van der Waals surface area (Å²) in [5.74, 6) is -0.0895. The largest absolute Gasteiger partial charge is 0.444 e. The van der Waals surface area contributed by atoms with Crippen LogP contribution in [0, 0.1) is 0 Å². The predicted octanol–water partition coefficient (Wildman–Crippen LogP) is 2.27. The highest BCUT2D eigenvalue weighted by Gasteiger charge is 2.30. The van der Waals surface area contributed by atoms with E-state index < -0.39 is 11.7 Å². The summed E-state index contributed by atoms with van der Waals surface area (Å²) in [6.45, 7) is 6.47. The van der Waals surface area contributed by atoms with Gasteiger partial charge < -0.3 is 9.64 Å². The van der Waals surface area contributed by atoms with Crippen LogP contribution in [0.15, 0.2) is 30.3 Å². The summed E-state index contributed by atoms with van der Waals surface area (Å²) in [5, 5.41) is 0. The third-order valence-electron chi connectivity index (χ3n) is 2.94. The molecular formula is C15H20N2O3. The van der Waals surface area contributed by atoms with Gasteiger partial charge in [-0.05, 0) is 32.9 Å². The Kier molecular flexibility index (Phi) is 3.97. The molecule has 1 aliphatic heterocycles. The van der Waals surface area contributed by atoms with Gasteiger partial charge in [0.1, 0.15) is 12.1 Å². The lowest BCUT2D eigenvalue weighted by atomic mass is 10.2. The third-order valence-corrected chi connectivity index (χ3v) is 2.94. The lowest BCUT2D eigenvalue weighted by Crippen LogP contribution is -2.53. The summed E-state index contributed by atoms with van der Waals surface area (Å²) in [6.07, 6.45) is -0.432. The molecule has 0 atom stereocenters. The van der Waals surface area contributed by atoms with E-state index in [4.69, 9.17) is 4.74 Å². The van der Waals surface area contributed by atoms with Crippen LogP contribution < -0.4 is 4.90 Å². The van der Waals surface area contributed by atoms with E-state index in [0.717, 1.165) is 5.69 Å². The molecule has 5 heteroatoms. The maximum absolute atomic E-state index is 12.2. The molecule has 2 rings (SSSR count). The van der Waals surface area contributed by atoms with Crippen molar-refractivity contribution in [2.75, 3.05) is 24.5 Å². The predicted molar refractivity (Wildman–Crippen MR) is 76.6 cm³/mol. The Morgan fingerprint density at radius 3 is 2.35 bits per heavy atom. The molecule has 0 radical (unpaired) electrons. The van der Waals surface area contributed by atoms with Crippen LogP contribution in [-0.2, 0) is 9.53 Å². The second kappa shape index (κ2) is 5.53. The van der Waals surface area contributed by atoms with E-state index in [1.807, 2.05) is 51.1 Å². The summed E-state index contributed by atoms with van der Waals surface area (Å²) in [4.78, 5) is 27.2. The van der Waals surface area contributed by atoms with Crippen LogP contribution in [0.3, 0.4) is 0 Å². The van der Waals surface area contributed by atoms with Gasteiger partial charge >= 0.3 is 6.09 Å². The second-order valence-electron chi connectivity index (χ2n) is 5.78. The smallest absolute Gasteiger partial charge is 0.410 e. The van der Waals surface area contributed by atoms with Gasteiger partial charge in [-0.15, -0.1) is 0 Å². The van der Waals surface area contributed by atoms with Gasteiger partial charge in [0.2, 0.25) is 5.91 Å². The molecule has 108 valence electrons. The van der Waals surface area contributed by atoms with Crippen LogP contribution in [0.1, 0.15) is 20.8 Å². The third kappa shape index (κ3) is 3.50. The van der Waals surface area contributed by atoms with Crippen LogP contribution in [0.5, 0.6) is 0 Å². The van der Waals surface area contributed by atoms with E-state index in [0.29, 0.717) is 13.1 Å². The van der Waals surface area contributed by atoms with E-state index >= 15 is 0 Å². The number of carbonyl (C=O) groups is 2. The maximum atomic E-state index is 12.2. The quantitative estimate of drug-likeness (QED) is 0.790. The first-order valence-electron chi connectivity index (χ1n) is 6.70. The van der Waals surface area contributed by atoms with Crippen LogP contribution in [0.25, 0.3) is 0 Å². The van der Waals surface area contributed by atoms with Crippen molar-refractivity contribution in [2.24, 2.45) is 0 Å². The minimum atomic E-state index is -0.545. The minimum Gasteiger partial charge on any atom is -0.444 e. The number of anilines is 1. The van der Waals surface area contributed by atoms with Gasteiger partial charge in [0.25, 0.3) is 0 Å². The number of hydrogen-bond acceptors (Lipinski definition) is 3. The topological polar surface area (TPSA) is 49.9 Å². The number of para-hydroxylation sites is 1. The van der Waals surface area contributed by atoms with Gasteiger partial charge in [-0.25, -0.2) is 4.79 Å². The molecule has 0 spiro atoms. The molecule has 0 aromatic heterocycles. The molecule has 0 N–H and O–H groups in total. The molecule has 0 saturated carbocycles. The molecule has 20 heavy (non-hydrogen) atoms. The summed E-state index contributed by atoms with van der Waals surface area (Å²) >= 11 is 0. The van der Waals surface area contributed by atoms with Gasteiger partial charge in [0, 0.05) is 18.8 Å². The van der Waals surface area contributed by atoms with Gasteiger partial charge in [-0.2, -0.15) is 0 Å². The van der Waals surface area contributed by atoms with Crippen molar-refractivity contribution in [1.82, 2.24) is 4.90 Å². The fourth-order valence-electron chi connectivity index (χ4n) is 2.04. The van der Waals surface area contributed by atoms with Gasteiger partial charge in [0.15, 0.2) is 0 Å². The Balaban J connectivity index is 1.99. The fourth-order valence-corrected chi connectivity index (χ4v) is 2.04. The standard InChI is InChI=1S/C15H20N2O3/c1-15(2,3)20-14(19)16-9-10-17(13(18)11-16)12-7-5-4-6-8-12/h4-8H,9-11H2,1-3H3. The first-order valence-corrected chi connectivity index (χ1v) is 6.70. The average molecular weight is 276 g/mol. The number of amides is 2. The lowest BCUT2D eigenvalue weighted by molar-refractivity contribution is -0.121. The van der Waals surface area contributed by atoms with E-state index in [2.05, 4.69) is 0 Å². The van der Waals surface area contributed by atoms with E-state index in [-0.39, 0.29) is 12.5 Å². The van der Waals surface area contributed by atoms with Crippen LogP contribution in [0.4, 0.5) is 10.5 Å². The van der Waals surface area contributed by atoms with Crippen LogP contribution >= 0.6 is 0 Å². The molecule has 1 aliphatic rings. The summed E-state index contributed by atoms with van der Waals surface area (Å²) in [5.41, 5.74) is 0.317. The van der Waals surface area contributed by atoms with E-state index in [1.54, 1.807) is 4.90 Å². The van der Waals surface area contributed by atoms with Gasteiger partial charge in [0.05, 0.1) is 0 Å². The number of ether oxygens (including phenoxy) is 1. The number of rotatable bonds is 1. The summed E-state index contributed by atoms with van der Waals surface area (Å²) < 4.78 is 5.28. The fraction of sp³-hybridized carbons (Fsp3) is 0.467. The summed E-state index contributed by atoms with van der Waals surface area (Å²) in [6, 6.07) is 9.47. The highest BCUT2D eigenvalue weighted by atomic mass is 16.6. The monoisotopic (exact) mass is 276 g/mol. The van der Waals surface area contributed by atoms with Gasteiger partial charge in [-0.3, -0.25) is 9.69 Å². The summed E-state index contributed by atoms with van der Waals surface area (Å²) in [7, 11) is 0. The number of hydrogen-bond donors (Lipinski definition) is 0. The molecule has 1 aromatic rings. The number of nitrogens with zero attached hydrogens (tertiary/aromatic N) is 2. The van der Waals surface area contributed by atoms with Crippen LogP contribution in [0.2, 0.25) is 0 Å². The zero-order chi connectivity index (χ0) is 14.8. The molecule has 0 aliphatic carbocycles. The molecule has 0 bridgehead atoms. The molecule has 1 saturated heterocycles. The number of carbonyl (C=O) groups excluding carboxylic acids is 2. The molecule has 0 unspecified atom stereocenters. The van der Waals surface area contributed by atoms with Crippen molar-refractivity contribution >= 4 is 17.7 Å². The van der Waals surface area contributed by atoms with Crippen molar-refractivity contribution in [2.45, 2.75) is 26.4 Å². The molecular weight excluding hydrogens is 256 g/mol. The molecule has 1 fully saturated rings. The zero-order valence-electron chi connectivity index (χ0n) is 12.1.